The third-order valence-corrected chi connectivity index (χ3v) is 4.52. The summed E-state index contributed by atoms with van der Waals surface area (Å²) in [6, 6.07) is 4.00. The molecule has 0 aliphatic heterocycles. The Kier molecular flexibility index (Phi) is 7.51. The third-order valence-electron chi connectivity index (χ3n) is 3.61. The molecule has 1 aromatic carbocycles. The van der Waals surface area contributed by atoms with Crippen molar-refractivity contribution in [3.05, 3.63) is 23.8 Å². The molecule has 0 heterocycles. The Balaban J connectivity index is 2.81. The van der Waals surface area contributed by atoms with Crippen LogP contribution in [0.3, 0.4) is 0 Å². The molecule has 1 atom stereocenters. The van der Waals surface area contributed by atoms with Crippen LogP contribution >= 0.6 is 0 Å². The zero-order valence-electron chi connectivity index (χ0n) is 14.0. The van der Waals surface area contributed by atoms with Gasteiger partial charge in [-0.1, -0.05) is 32.6 Å². The topological polar surface area (TPSA) is 98.5 Å². The van der Waals surface area contributed by atoms with Crippen molar-refractivity contribution in [2.75, 3.05) is 7.11 Å². The standard InChI is InChI=1S/C16H26N2O4S/c1-4-5-6-7-8-12(2)18-16(19)14-11-13(23(17,20)21)9-10-15(14)22-3/h9-12H,4-8H2,1-3H3,(H,18,19)(H2,17,20,21)/t12-/m0/s1. The lowest BCUT2D eigenvalue weighted by atomic mass is 10.1. The van der Waals surface area contributed by atoms with Gasteiger partial charge in [0.1, 0.15) is 5.75 Å². The number of primary sulfonamides is 1. The fourth-order valence-corrected chi connectivity index (χ4v) is 2.83. The highest BCUT2D eigenvalue weighted by Gasteiger charge is 2.18. The lowest BCUT2D eigenvalue weighted by Crippen LogP contribution is -2.33. The number of nitrogens with one attached hydrogen (secondary N) is 1. The zero-order chi connectivity index (χ0) is 17.5. The molecule has 0 aliphatic carbocycles. The van der Waals surface area contributed by atoms with Crippen molar-refractivity contribution in [3.63, 3.8) is 0 Å². The zero-order valence-corrected chi connectivity index (χ0v) is 14.8. The van der Waals surface area contributed by atoms with Crippen LogP contribution in [0.25, 0.3) is 0 Å². The quantitative estimate of drug-likeness (QED) is 0.673. The van der Waals surface area contributed by atoms with Crippen LogP contribution in [0, 0.1) is 0 Å². The molecule has 1 aromatic rings. The molecule has 0 saturated carbocycles. The molecule has 23 heavy (non-hydrogen) atoms. The number of nitrogens with two attached hydrogens (primary N) is 1. The van der Waals surface area contributed by atoms with Gasteiger partial charge in [-0.05, 0) is 31.5 Å². The van der Waals surface area contributed by atoms with Crippen molar-refractivity contribution in [2.24, 2.45) is 5.14 Å². The van der Waals surface area contributed by atoms with Gasteiger partial charge in [0.05, 0.1) is 17.6 Å². The third kappa shape index (κ3) is 6.19. The van der Waals surface area contributed by atoms with Crippen molar-refractivity contribution < 1.29 is 17.9 Å². The van der Waals surface area contributed by atoms with Crippen molar-refractivity contribution in [3.8, 4) is 5.75 Å². The maximum absolute atomic E-state index is 12.4. The lowest BCUT2D eigenvalue weighted by molar-refractivity contribution is 0.0934. The number of sulfonamides is 1. The average molecular weight is 342 g/mol. The van der Waals surface area contributed by atoms with Gasteiger partial charge in [-0.3, -0.25) is 4.79 Å². The highest BCUT2D eigenvalue weighted by Crippen LogP contribution is 2.22. The van der Waals surface area contributed by atoms with Crippen molar-refractivity contribution in [2.45, 2.75) is 56.9 Å². The number of hydrogen-bond donors (Lipinski definition) is 2. The van der Waals surface area contributed by atoms with Gasteiger partial charge >= 0.3 is 0 Å². The highest BCUT2D eigenvalue weighted by molar-refractivity contribution is 7.89. The lowest BCUT2D eigenvalue weighted by Gasteiger charge is -2.15. The molecule has 0 unspecified atom stereocenters. The van der Waals surface area contributed by atoms with Crippen LogP contribution in [-0.4, -0.2) is 27.5 Å². The maximum Gasteiger partial charge on any atom is 0.255 e. The SMILES string of the molecule is CCCCCC[C@H](C)NC(=O)c1cc(S(N)(=O)=O)ccc1OC. The number of carbonyl (C=O) groups excluding carboxylic acids is 1. The van der Waals surface area contributed by atoms with Gasteiger partial charge in [0, 0.05) is 6.04 Å². The van der Waals surface area contributed by atoms with Crippen molar-refractivity contribution in [1.82, 2.24) is 5.32 Å². The second-order valence-electron chi connectivity index (χ2n) is 5.63. The maximum atomic E-state index is 12.4. The molecule has 1 amide bonds. The number of unbranched alkanes of at least 4 members (excludes halogenated alkanes) is 3. The normalized spacial score (nSPS) is 12.7. The van der Waals surface area contributed by atoms with E-state index >= 15 is 0 Å². The molecule has 0 saturated heterocycles. The van der Waals surface area contributed by atoms with Crippen molar-refractivity contribution >= 4 is 15.9 Å². The number of hydrogen-bond acceptors (Lipinski definition) is 4. The fraction of sp³-hybridized carbons (Fsp3) is 0.562. The van der Waals surface area contributed by atoms with Gasteiger partial charge < -0.3 is 10.1 Å². The van der Waals surface area contributed by atoms with Crippen LogP contribution in [0.15, 0.2) is 23.1 Å². The molecule has 7 heteroatoms. The minimum absolute atomic E-state index is 0.00204. The Morgan fingerprint density at radius 2 is 2.00 bits per heavy atom. The average Bonchev–Trinajstić information content (AvgIpc) is 2.50. The summed E-state index contributed by atoms with van der Waals surface area (Å²) in [6.45, 7) is 4.08. The molecule has 0 bridgehead atoms. The van der Waals surface area contributed by atoms with Gasteiger partial charge in [0.15, 0.2) is 0 Å². The Bertz CT molecular complexity index is 629. The summed E-state index contributed by atoms with van der Waals surface area (Å²) in [5, 5.41) is 7.98. The van der Waals surface area contributed by atoms with Crippen molar-refractivity contribution in [1.29, 1.82) is 0 Å². The summed E-state index contributed by atoms with van der Waals surface area (Å²) in [5.41, 5.74) is 0.166. The molecule has 0 fully saturated rings. The fourth-order valence-electron chi connectivity index (χ4n) is 2.29. The summed E-state index contributed by atoms with van der Waals surface area (Å²) < 4.78 is 28.0. The molecule has 0 radical (unpaired) electrons. The van der Waals surface area contributed by atoms with E-state index in [1.165, 1.54) is 31.7 Å². The Morgan fingerprint density at radius 1 is 1.30 bits per heavy atom. The Morgan fingerprint density at radius 3 is 2.57 bits per heavy atom. The molecule has 0 spiro atoms. The van der Waals surface area contributed by atoms with Crippen LogP contribution in [-0.2, 0) is 10.0 Å². The van der Waals surface area contributed by atoms with E-state index in [2.05, 4.69) is 12.2 Å². The Hall–Kier alpha value is -1.60. The van der Waals surface area contributed by atoms with E-state index in [1.807, 2.05) is 6.92 Å². The summed E-state index contributed by atoms with van der Waals surface area (Å²) in [6.07, 6.45) is 5.41. The van der Waals surface area contributed by atoms with Gasteiger partial charge in [0.2, 0.25) is 10.0 Å². The van der Waals surface area contributed by atoms with E-state index in [0.29, 0.717) is 5.75 Å². The predicted molar refractivity (Wildman–Crippen MR) is 90.1 cm³/mol. The molecule has 3 N–H and O–H groups in total. The first kappa shape index (κ1) is 19.4. The second-order valence-corrected chi connectivity index (χ2v) is 7.19. The van der Waals surface area contributed by atoms with Crippen LogP contribution in [0.2, 0.25) is 0 Å². The number of benzene rings is 1. The molecule has 0 aliphatic rings. The molecule has 6 nitrogen and oxygen atoms in total. The minimum Gasteiger partial charge on any atom is -0.496 e. The summed E-state index contributed by atoms with van der Waals surface area (Å²) in [4.78, 5) is 12.3. The smallest absolute Gasteiger partial charge is 0.255 e. The highest BCUT2D eigenvalue weighted by atomic mass is 32.2. The van der Waals surface area contributed by atoms with Crippen LogP contribution < -0.4 is 15.2 Å². The molecule has 0 aromatic heterocycles. The van der Waals surface area contributed by atoms with Crippen LogP contribution in [0.1, 0.15) is 56.3 Å². The second kappa shape index (κ2) is 8.88. The monoisotopic (exact) mass is 342 g/mol. The van der Waals surface area contributed by atoms with E-state index in [-0.39, 0.29) is 22.4 Å². The number of carbonyl (C=O) groups is 1. The number of rotatable bonds is 9. The first-order chi connectivity index (χ1) is 10.8. The van der Waals surface area contributed by atoms with Gasteiger partial charge in [-0.2, -0.15) is 0 Å². The Labute approximate surface area is 138 Å². The predicted octanol–water partition coefficient (Wildman–Crippen LogP) is 2.43. The van der Waals surface area contributed by atoms with E-state index in [1.54, 1.807) is 0 Å². The molecular weight excluding hydrogens is 316 g/mol. The van der Waals surface area contributed by atoms with Gasteiger partial charge in [-0.15, -0.1) is 0 Å². The number of amides is 1. The number of methoxy groups -OCH3 is 1. The van der Waals surface area contributed by atoms with Gasteiger partial charge in [0.25, 0.3) is 5.91 Å². The van der Waals surface area contributed by atoms with E-state index < -0.39 is 10.0 Å². The molecular formula is C16H26N2O4S. The van der Waals surface area contributed by atoms with Crippen LogP contribution in [0.4, 0.5) is 0 Å². The summed E-state index contributed by atoms with van der Waals surface area (Å²) in [7, 11) is -2.44. The summed E-state index contributed by atoms with van der Waals surface area (Å²) in [5.74, 6) is -0.0524. The molecule has 130 valence electrons. The summed E-state index contributed by atoms with van der Waals surface area (Å²) >= 11 is 0. The van der Waals surface area contributed by atoms with Crippen LogP contribution in [0.5, 0.6) is 5.75 Å². The molecule has 1 rings (SSSR count). The van der Waals surface area contributed by atoms with E-state index in [0.717, 1.165) is 25.7 Å². The first-order valence-corrected chi connectivity index (χ1v) is 9.36. The van der Waals surface area contributed by atoms with E-state index in [4.69, 9.17) is 9.88 Å². The number of ether oxygens (including phenoxy) is 1. The minimum atomic E-state index is -3.87. The van der Waals surface area contributed by atoms with Gasteiger partial charge in [-0.25, -0.2) is 13.6 Å². The first-order valence-electron chi connectivity index (χ1n) is 7.81. The largest absolute Gasteiger partial charge is 0.496 e. The van der Waals surface area contributed by atoms with E-state index in [9.17, 15) is 13.2 Å².